The number of rotatable bonds is 9. The molecule has 0 saturated heterocycles. The molecular formula is C31H28Cl3FN2O6. The van der Waals surface area contributed by atoms with Crippen molar-refractivity contribution < 1.29 is 33.4 Å². The molecule has 0 aliphatic heterocycles. The maximum atomic E-state index is 13.8. The standard InChI is InChI=1S/C31H28Cl3FN2O6/c1-30(31(40)11-17(12-31)20-7-16(29(38)39)13-36-28(20)41-2)6-5-19(10-24(30)34)42-14-21-26(37-43-27(21)15-3-4-15)25-22(32)8-18(35)9-23(25)33/h5,7-10,13,15,17,40H,3-4,6,11-12,14H2,1-2H3,(H,38,39)/t17-,30?,31+. The summed E-state index contributed by atoms with van der Waals surface area (Å²) in [7, 11) is 1.48. The van der Waals surface area contributed by atoms with Gasteiger partial charge in [-0.05, 0) is 68.4 Å². The molecule has 3 aromatic rings. The van der Waals surface area contributed by atoms with E-state index in [1.807, 2.05) is 13.0 Å². The first-order valence-corrected chi connectivity index (χ1v) is 14.9. The van der Waals surface area contributed by atoms with Gasteiger partial charge in [0.25, 0.3) is 0 Å². The lowest BCUT2D eigenvalue weighted by Crippen LogP contribution is -2.55. The third-order valence-electron chi connectivity index (χ3n) is 8.86. The molecule has 0 spiro atoms. The first kappa shape index (κ1) is 29.9. The highest BCUT2D eigenvalue weighted by Gasteiger charge is 2.57. The zero-order valence-electron chi connectivity index (χ0n) is 23.3. The molecule has 3 aliphatic rings. The number of carbonyl (C=O) groups is 1. The number of pyridine rings is 1. The van der Waals surface area contributed by atoms with Crippen molar-refractivity contribution in [3.05, 3.63) is 85.7 Å². The number of hydrogen-bond donors (Lipinski definition) is 2. The quantitative estimate of drug-likeness (QED) is 0.240. The predicted octanol–water partition coefficient (Wildman–Crippen LogP) is 8.01. The van der Waals surface area contributed by atoms with Gasteiger partial charge in [-0.1, -0.05) is 46.9 Å². The fraction of sp³-hybridized carbons (Fsp3) is 0.387. The summed E-state index contributed by atoms with van der Waals surface area (Å²) in [4.78, 5) is 15.6. The van der Waals surface area contributed by atoms with Crippen LogP contribution in [0.25, 0.3) is 11.3 Å². The zero-order chi connectivity index (χ0) is 30.7. The van der Waals surface area contributed by atoms with Crippen molar-refractivity contribution in [2.45, 2.75) is 63.1 Å². The number of hydrogen-bond acceptors (Lipinski definition) is 7. The molecule has 3 aliphatic carbocycles. The first-order chi connectivity index (χ1) is 20.4. The van der Waals surface area contributed by atoms with Crippen molar-refractivity contribution >= 4 is 40.8 Å². The molecule has 8 nitrogen and oxygen atoms in total. The highest BCUT2D eigenvalue weighted by molar-refractivity contribution is 6.39. The lowest BCUT2D eigenvalue weighted by atomic mass is 9.54. The van der Waals surface area contributed by atoms with E-state index < -0.39 is 22.8 Å². The third kappa shape index (κ3) is 5.30. The molecule has 0 amide bonds. The van der Waals surface area contributed by atoms with Crippen LogP contribution < -0.4 is 4.74 Å². The van der Waals surface area contributed by atoms with E-state index in [4.69, 9.17) is 48.8 Å². The van der Waals surface area contributed by atoms with Crippen molar-refractivity contribution in [3.8, 4) is 17.1 Å². The van der Waals surface area contributed by atoms with Crippen LogP contribution in [-0.2, 0) is 11.3 Å². The van der Waals surface area contributed by atoms with E-state index in [0.29, 0.717) is 64.1 Å². The van der Waals surface area contributed by atoms with Gasteiger partial charge < -0.3 is 24.2 Å². The lowest BCUT2D eigenvalue weighted by Gasteiger charge is -2.55. The van der Waals surface area contributed by atoms with Crippen LogP contribution in [-0.4, -0.2) is 39.0 Å². The summed E-state index contributed by atoms with van der Waals surface area (Å²) >= 11 is 19.5. The smallest absolute Gasteiger partial charge is 0.337 e. The van der Waals surface area contributed by atoms with E-state index in [2.05, 4.69) is 10.1 Å². The van der Waals surface area contributed by atoms with Crippen molar-refractivity contribution in [2.24, 2.45) is 5.41 Å². The number of ether oxygens (including phenoxy) is 2. The van der Waals surface area contributed by atoms with Gasteiger partial charge >= 0.3 is 5.97 Å². The number of benzene rings is 1. The highest BCUT2D eigenvalue weighted by Crippen LogP contribution is 2.60. The van der Waals surface area contributed by atoms with Crippen LogP contribution in [0.1, 0.15) is 78.1 Å². The van der Waals surface area contributed by atoms with E-state index >= 15 is 0 Å². The number of methoxy groups -OCH3 is 1. The Labute approximate surface area is 262 Å². The third-order valence-corrected chi connectivity index (χ3v) is 9.98. The lowest BCUT2D eigenvalue weighted by molar-refractivity contribution is -0.126. The van der Waals surface area contributed by atoms with Crippen LogP contribution in [0.2, 0.25) is 10.0 Å². The van der Waals surface area contributed by atoms with Crippen LogP contribution in [0.15, 0.2) is 51.9 Å². The molecule has 2 fully saturated rings. The molecule has 2 saturated carbocycles. The van der Waals surface area contributed by atoms with Crippen LogP contribution in [0.3, 0.4) is 0 Å². The number of aromatic carboxylic acids is 1. The summed E-state index contributed by atoms with van der Waals surface area (Å²) in [5.74, 6) is -0.0207. The summed E-state index contributed by atoms with van der Waals surface area (Å²) in [5, 5.41) is 26.0. The van der Waals surface area contributed by atoms with Gasteiger partial charge in [-0.2, -0.15) is 0 Å². The molecular weight excluding hydrogens is 622 g/mol. The molecule has 1 aromatic carbocycles. The number of allylic oxidation sites excluding steroid dienone is 2. The minimum Gasteiger partial charge on any atom is -0.489 e. The summed E-state index contributed by atoms with van der Waals surface area (Å²) in [6.07, 6.45) is 7.87. The first-order valence-electron chi connectivity index (χ1n) is 13.8. The fourth-order valence-electron chi connectivity index (χ4n) is 5.98. The number of aromatic nitrogens is 2. The molecule has 43 heavy (non-hydrogen) atoms. The second kappa shape index (κ2) is 11.1. The Bertz CT molecular complexity index is 1650. The van der Waals surface area contributed by atoms with Crippen molar-refractivity contribution in [1.82, 2.24) is 10.1 Å². The molecule has 2 N–H and O–H groups in total. The van der Waals surface area contributed by atoms with E-state index in [0.717, 1.165) is 12.8 Å². The number of halogens is 4. The Balaban J connectivity index is 1.19. The number of carboxylic acid groups (broad SMARTS) is 1. The second-order valence-corrected chi connectivity index (χ2v) is 12.8. The van der Waals surface area contributed by atoms with Gasteiger partial charge in [-0.15, -0.1) is 0 Å². The Hall–Kier alpha value is -3.11. The molecule has 0 radical (unpaired) electrons. The monoisotopic (exact) mass is 648 g/mol. The molecule has 2 aromatic heterocycles. The van der Waals surface area contributed by atoms with Crippen LogP contribution in [0.4, 0.5) is 4.39 Å². The summed E-state index contributed by atoms with van der Waals surface area (Å²) in [6, 6.07) is 3.90. The Morgan fingerprint density at radius 3 is 2.47 bits per heavy atom. The predicted molar refractivity (Wildman–Crippen MR) is 158 cm³/mol. The van der Waals surface area contributed by atoms with Gasteiger partial charge in [-0.3, -0.25) is 0 Å². The van der Waals surface area contributed by atoms with Gasteiger partial charge in [0.15, 0.2) is 0 Å². The summed E-state index contributed by atoms with van der Waals surface area (Å²) in [6.45, 7) is 2.00. The van der Waals surface area contributed by atoms with Crippen molar-refractivity contribution in [2.75, 3.05) is 7.11 Å². The van der Waals surface area contributed by atoms with Crippen LogP contribution in [0, 0.1) is 11.2 Å². The molecule has 2 heterocycles. The van der Waals surface area contributed by atoms with E-state index in [-0.39, 0.29) is 34.1 Å². The second-order valence-electron chi connectivity index (χ2n) is 11.6. The molecule has 6 rings (SSSR count). The van der Waals surface area contributed by atoms with Gasteiger partial charge in [0.1, 0.15) is 29.6 Å². The molecule has 1 atom stereocenters. The minimum absolute atomic E-state index is 0.0579. The molecule has 12 heteroatoms. The van der Waals surface area contributed by atoms with Crippen LogP contribution >= 0.6 is 34.8 Å². The highest BCUT2D eigenvalue weighted by atomic mass is 35.5. The SMILES string of the molecule is COc1ncc(C(=O)O)cc1[C@H]1C[C@](O)(C2(C)CC=C(OCc3c(-c4c(Cl)cc(F)cc4Cl)noc3C3CC3)C=C2Cl)C1. The Morgan fingerprint density at radius 2 is 1.86 bits per heavy atom. The largest absolute Gasteiger partial charge is 0.489 e. The average molecular weight is 650 g/mol. The molecule has 226 valence electrons. The fourth-order valence-corrected chi connectivity index (χ4v) is 6.98. The maximum absolute atomic E-state index is 13.8. The zero-order valence-corrected chi connectivity index (χ0v) is 25.6. The van der Waals surface area contributed by atoms with Gasteiger partial charge in [-0.25, -0.2) is 14.2 Å². The molecule has 1 unspecified atom stereocenters. The number of aliphatic hydroxyl groups is 1. The number of nitrogens with zero attached hydrogens (tertiary/aromatic N) is 2. The Morgan fingerprint density at radius 1 is 1.16 bits per heavy atom. The van der Waals surface area contributed by atoms with Gasteiger partial charge in [0.05, 0.1) is 33.9 Å². The maximum Gasteiger partial charge on any atom is 0.337 e. The van der Waals surface area contributed by atoms with E-state index in [1.54, 1.807) is 12.1 Å². The topological polar surface area (TPSA) is 115 Å². The minimum atomic E-state index is -1.14. The van der Waals surface area contributed by atoms with Crippen molar-refractivity contribution in [1.29, 1.82) is 0 Å². The average Bonchev–Trinajstić information content (AvgIpc) is 3.71. The normalized spacial score (nSPS) is 25.0. The van der Waals surface area contributed by atoms with E-state index in [9.17, 15) is 19.4 Å². The Kier molecular flexibility index (Phi) is 7.74. The number of carboxylic acids is 1. The van der Waals surface area contributed by atoms with E-state index in [1.165, 1.54) is 25.4 Å². The van der Waals surface area contributed by atoms with Gasteiger partial charge in [0.2, 0.25) is 5.88 Å². The van der Waals surface area contributed by atoms with Crippen molar-refractivity contribution in [3.63, 3.8) is 0 Å². The summed E-state index contributed by atoms with van der Waals surface area (Å²) < 4.78 is 31.1. The van der Waals surface area contributed by atoms with Crippen LogP contribution in [0.5, 0.6) is 5.88 Å². The van der Waals surface area contributed by atoms with Gasteiger partial charge in [0, 0.05) is 33.7 Å². The summed E-state index contributed by atoms with van der Waals surface area (Å²) in [5.41, 5.74) is 0.225. The molecule has 0 bridgehead atoms.